The van der Waals surface area contributed by atoms with E-state index in [1.165, 1.54) is 6.07 Å². The quantitative estimate of drug-likeness (QED) is 0.834. The number of hydrogen-bond acceptors (Lipinski definition) is 3. The van der Waals surface area contributed by atoms with Gasteiger partial charge in [0.1, 0.15) is 0 Å². The predicted molar refractivity (Wildman–Crippen MR) is 97.5 cm³/mol. The fourth-order valence-electron chi connectivity index (χ4n) is 3.27. The van der Waals surface area contributed by atoms with Crippen LogP contribution in [0.25, 0.3) is 0 Å². The molecular weight excluding hydrogens is 336 g/mol. The van der Waals surface area contributed by atoms with Crippen LogP contribution in [0.15, 0.2) is 42.5 Å². The van der Waals surface area contributed by atoms with Crippen molar-refractivity contribution in [3.63, 3.8) is 0 Å². The van der Waals surface area contributed by atoms with Gasteiger partial charge in [-0.2, -0.15) is 0 Å². The van der Waals surface area contributed by atoms with Crippen LogP contribution in [0.2, 0.25) is 0 Å². The molecule has 0 aliphatic carbocycles. The topological polar surface area (TPSA) is 58.4 Å². The van der Waals surface area contributed by atoms with Gasteiger partial charge in [0, 0.05) is 31.9 Å². The van der Waals surface area contributed by atoms with E-state index < -0.39 is 11.6 Å². The highest BCUT2D eigenvalue weighted by molar-refractivity contribution is 5.77. The van der Waals surface area contributed by atoms with Crippen LogP contribution < -0.4 is 16.0 Å². The largest absolute Gasteiger partial charge is 0.371 e. The highest BCUT2D eigenvalue weighted by atomic mass is 19.2. The van der Waals surface area contributed by atoms with Crippen LogP contribution in [-0.2, 0) is 17.9 Å². The van der Waals surface area contributed by atoms with Gasteiger partial charge in [-0.3, -0.25) is 4.79 Å². The predicted octanol–water partition coefficient (Wildman–Crippen LogP) is 2.96. The van der Waals surface area contributed by atoms with Gasteiger partial charge in [-0.25, -0.2) is 8.78 Å². The first-order chi connectivity index (χ1) is 12.5. The molecule has 1 fully saturated rings. The molecule has 2 aromatic rings. The molecule has 3 N–H and O–H groups in total. The van der Waals surface area contributed by atoms with Crippen LogP contribution in [0.5, 0.6) is 0 Å². The van der Waals surface area contributed by atoms with E-state index in [4.69, 9.17) is 5.73 Å². The average Bonchev–Trinajstić information content (AvgIpc) is 2.65. The highest BCUT2D eigenvalue weighted by Gasteiger charge is 2.23. The molecule has 0 radical (unpaired) electrons. The Labute approximate surface area is 152 Å². The summed E-state index contributed by atoms with van der Waals surface area (Å²) in [5.41, 5.74) is 8.31. The van der Waals surface area contributed by atoms with E-state index in [1.807, 2.05) is 24.3 Å². The number of carbonyl (C=O) groups is 1. The van der Waals surface area contributed by atoms with Crippen LogP contribution >= 0.6 is 0 Å². The Hall–Kier alpha value is -2.47. The fraction of sp³-hybridized carbons (Fsp3) is 0.350. The van der Waals surface area contributed by atoms with Crippen LogP contribution in [0.1, 0.15) is 24.0 Å². The lowest BCUT2D eigenvalue weighted by Crippen LogP contribution is -2.41. The second-order valence-corrected chi connectivity index (χ2v) is 6.71. The molecule has 1 atom stereocenters. The van der Waals surface area contributed by atoms with Gasteiger partial charge in [0.2, 0.25) is 5.91 Å². The molecule has 1 aliphatic heterocycles. The van der Waals surface area contributed by atoms with Crippen molar-refractivity contribution >= 4 is 11.6 Å². The normalized spacial score (nSPS) is 17.3. The first-order valence-electron chi connectivity index (χ1n) is 8.81. The number of benzene rings is 2. The number of nitrogens with one attached hydrogen (secondary N) is 1. The van der Waals surface area contributed by atoms with Crippen molar-refractivity contribution in [2.45, 2.75) is 25.9 Å². The molecule has 1 amide bonds. The van der Waals surface area contributed by atoms with Gasteiger partial charge in [0.25, 0.3) is 0 Å². The number of halogens is 2. The molecule has 4 nitrogen and oxygen atoms in total. The molecule has 0 spiro atoms. The van der Waals surface area contributed by atoms with E-state index in [0.29, 0.717) is 25.2 Å². The second kappa shape index (κ2) is 8.27. The number of rotatable bonds is 6. The zero-order chi connectivity index (χ0) is 18.5. The summed E-state index contributed by atoms with van der Waals surface area (Å²) in [5, 5.41) is 3.22. The maximum Gasteiger partial charge on any atom is 0.222 e. The molecule has 1 unspecified atom stereocenters. The highest BCUT2D eigenvalue weighted by Crippen LogP contribution is 2.23. The first kappa shape index (κ1) is 18.3. The SMILES string of the molecule is NC(=O)C1CCCN(c2ccc(CNCc3ccc(F)c(F)c3)cc2)C1. The van der Waals surface area contributed by atoms with E-state index in [0.717, 1.165) is 36.7 Å². The van der Waals surface area contributed by atoms with Crippen molar-refractivity contribution in [2.75, 3.05) is 18.0 Å². The van der Waals surface area contributed by atoms with Gasteiger partial charge < -0.3 is 16.0 Å². The molecule has 1 aliphatic rings. The maximum absolute atomic E-state index is 13.2. The van der Waals surface area contributed by atoms with Gasteiger partial charge in [-0.1, -0.05) is 18.2 Å². The number of piperidine rings is 1. The van der Waals surface area contributed by atoms with E-state index >= 15 is 0 Å². The summed E-state index contributed by atoms with van der Waals surface area (Å²) < 4.78 is 26.1. The Bertz CT molecular complexity index is 764. The Morgan fingerprint density at radius 2 is 1.77 bits per heavy atom. The fourth-order valence-corrected chi connectivity index (χ4v) is 3.27. The van der Waals surface area contributed by atoms with E-state index in [2.05, 4.69) is 10.2 Å². The molecule has 0 aromatic heterocycles. The Kier molecular flexibility index (Phi) is 5.83. The van der Waals surface area contributed by atoms with Crippen LogP contribution in [0, 0.1) is 17.6 Å². The summed E-state index contributed by atoms with van der Waals surface area (Å²) >= 11 is 0. The standard InChI is InChI=1S/C20H23F2N3O/c21-18-8-5-15(10-19(18)22)12-24-11-14-3-6-17(7-4-14)25-9-1-2-16(13-25)20(23)26/h3-8,10,16,24H,1-2,9,11-13H2,(H2,23,26). The van der Waals surface area contributed by atoms with Gasteiger partial charge in [0.05, 0.1) is 5.92 Å². The third-order valence-electron chi connectivity index (χ3n) is 4.77. The summed E-state index contributed by atoms with van der Waals surface area (Å²) in [6.07, 6.45) is 1.82. The van der Waals surface area contributed by atoms with Crippen molar-refractivity contribution in [3.8, 4) is 0 Å². The van der Waals surface area contributed by atoms with Crippen LogP contribution in [-0.4, -0.2) is 19.0 Å². The average molecular weight is 359 g/mol. The molecule has 0 bridgehead atoms. The molecule has 138 valence electrons. The zero-order valence-corrected chi connectivity index (χ0v) is 14.6. The number of carbonyl (C=O) groups excluding carboxylic acids is 1. The lowest BCUT2D eigenvalue weighted by Gasteiger charge is -2.33. The molecule has 3 rings (SSSR count). The summed E-state index contributed by atoms with van der Waals surface area (Å²) in [4.78, 5) is 13.6. The van der Waals surface area contributed by atoms with Gasteiger partial charge >= 0.3 is 0 Å². The summed E-state index contributed by atoms with van der Waals surface area (Å²) in [7, 11) is 0. The molecule has 6 heteroatoms. The first-order valence-corrected chi connectivity index (χ1v) is 8.81. The Morgan fingerprint density at radius 3 is 2.46 bits per heavy atom. The number of nitrogens with two attached hydrogens (primary N) is 1. The smallest absolute Gasteiger partial charge is 0.222 e. The summed E-state index contributed by atoms with van der Waals surface area (Å²) in [5.74, 6) is -1.97. The van der Waals surface area contributed by atoms with E-state index in [1.54, 1.807) is 6.07 Å². The molecule has 1 heterocycles. The number of amides is 1. The van der Waals surface area contributed by atoms with Gasteiger partial charge in [0.15, 0.2) is 11.6 Å². The van der Waals surface area contributed by atoms with Gasteiger partial charge in [-0.05, 0) is 48.2 Å². The minimum absolute atomic E-state index is 0.0822. The van der Waals surface area contributed by atoms with Crippen molar-refractivity contribution in [2.24, 2.45) is 11.7 Å². The van der Waals surface area contributed by atoms with E-state index in [9.17, 15) is 13.6 Å². The molecule has 0 saturated carbocycles. The minimum atomic E-state index is -0.833. The summed E-state index contributed by atoms with van der Waals surface area (Å²) in [6.45, 7) is 2.69. The number of anilines is 1. The monoisotopic (exact) mass is 359 g/mol. The number of primary amides is 1. The van der Waals surface area contributed by atoms with Gasteiger partial charge in [-0.15, -0.1) is 0 Å². The lowest BCUT2D eigenvalue weighted by atomic mass is 9.97. The van der Waals surface area contributed by atoms with Crippen LogP contribution in [0.3, 0.4) is 0 Å². The molecule has 26 heavy (non-hydrogen) atoms. The molecular formula is C20H23F2N3O. The third kappa shape index (κ3) is 4.58. The van der Waals surface area contributed by atoms with Crippen molar-refractivity contribution in [1.82, 2.24) is 5.32 Å². The molecule has 1 saturated heterocycles. The lowest BCUT2D eigenvalue weighted by molar-refractivity contribution is -0.122. The minimum Gasteiger partial charge on any atom is -0.371 e. The van der Waals surface area contributed by atoms with Crippen molar-refractivity contribution < 1.29 is 13.6 Å². The summed E-state index contributed by atoms with van der Waals surface area (Å²) in [6, 6.07) is 12.1. The Balaban J connectivity index is 1.52. The zero-order valence-electron chi connectivity index (χ0n) is 14.6. The van der Waals surface area contributed by atoms with Crippen LogP contribution in [0.4, 0.5) is 14.5 Å². The van der Waals surface area contributed by atoms with E-state index in [-0.39, 0.29) is 11.8 Å². The molecule has 2 aromatic carbocycles. The number of hydrogen-bond donors (Lipinski definition) is 2. The third-order valence-corrected chi connectivity index (χ3v) is 4.77. The van der Waals surface area contributed by atoms with Crippen molar-refractivity contribution in [1.29, 1.82) is 0 Å². The van der Waals surface area contributed by atoms with Crippen molar-refractivity contribution in [3.05, 3.63) is 65.2 Å². The maximum atomic E-state index is 13.2. The number of nitrogens with zero attached hydrogens (tertiary/aromatic N) is 1. The second-order valence-electron chi connectivity index (χ2n) is 6.71. The Morgan fingerprint density at radius 1 is 1.08 bits per heavy atom.